The summed E-state index contributed by atoms with van der Waals surface area (Å²) in [6, 6.07) is 2.28. The molecule has 6 heteroatoms. The fourth-order valence-corrected chi connectivity index (χ4v) is 1.80. The summed E-state index contributed by atoms with van der Waals surface area (Å²) in [6.45, 7) is 2.48. The molecule has 0 saturated carbocycles. The van der Waals surface area contributed by atoms with Crippen molar-refractivity contribution in [1.29, 1.82) is 0 Å². The Morgan fingerprint density at radius 2 is 2.12 bits per heavy atom. The summed E-state index contributed by atoms with van der Waals surface area (Å²) in [6.07, 6.45) is 1.82. The molecule has 1 rings (SSSR count). The van der Waals surface area contributed by atoms with Gasteiger partial charge in [-0.2, -0.15) is 0 Å². The smallest absolute Gasteiger partial charge is 0.492 e. The van der Waals surface area contributed by atoms with Gasteiger partial charge in [-0.1, -0.05) is 13.3 Å². The van der Waals surface area contributed by atoms with E-state index in [9.17, 15) is 4.39 Å². The molecule has 0 amide bonds. The van der Waals surface area contributed by atoms with E-state index >= 15 is 0 Å². The van der Waals surface area contributed by atoms with Crippen LogP contribution in [-0.4, -0.2) is 23.8 Å². The van der Waals surface area contributed by atoms with Crippen LogP contribution in [0.3, 0.4) is 0 Å². The van der Waals surface area contributed by atoms with Gasteiger partial charge in [-0.15, -0.1) is 0 Å². The van der Waals surface area contributed by atoms with Crippen LogP contribution in [0.4, 0.5) is 4.39 Å². The second-order valence-corrected chi connectivity index (χ2v) is 4.24. The van der Waals surface area contributed by atoms with Crippen LogP contribution < -0.4 is 10.2 Å². The Bertz CT molecular complexity index is 360. The first-order chi connectivity index (χ1) is 7.56. The zero-order valence-corrected chi connectivity index (χ0v) is 10.5. The lowest BCUT2D eigenvalue weighted by Crippen LogP contribution is -2.32. The highest BCUT2D eigenvalue weighted by molar-refractivity contribution is 9.10. The average molecular weight is 291 g/mol. The number of hydrogen-bond donors (Lipinski definition) is 2. The van der Waals surface area contributed by atoms with E-state index in [4.69, 9.17) is 14.8 Å². The Kier molecular flexibility index (Phi) is 5.24. The second kappa shape index (κ2) is 6.22. The van der Waals surface area contributed by atoms with E-state index in [1.165, 1.54) is 6.07 Å². The molecule has 0 aliphatic rings. The van der Waals surface area contributed by atoms with E-state index in [1.54, 1.807) is 0 Å². The monoisotopic (exact) mass is 290 g/mol. The normalized spacial score (nSPS) is 10.3. The van der Waals surface area contributed by atoms with Gasteiger partial charge in [0.1, 0.15) is 11.6 Å². The molecule has 0 unspecified atom stereocenters. The fourth-order valence-electron chi connectivity index (χ4n) is 1.24. The maximum Gasteiger partial charge on any atom is 0.492 e. The first-order valence-electron chi connectivity index (χ1n) is 5.04. The van der Waals surface area contributed by atoms with Crippen molar-refractivity contribution >= 4 is 28.5 Å². The molecule has 0 heterocycles. The minimum Gasteiger partial charge on any atom is -0.493 e. The van der Waals surface area contributed by atoms with Gasteiger partial charge in [0.05, 0.1) is 11.1 Å². The third kappa shape index (κ3) is 3.47. The van der Waals surface area contributed by atoms with Crippen molar-refractivity contribution in [2.75, 3.05) is 6.61 Å². The standard InChI is InChI=1S/C10H13BBrFO3/c1-2-3-4-16-10-8(11(14)15)5-7(13)6-9(10)12/h5-6,14-15H,2-4H2,1H3. The Morgan fingerprint density at radius 1 is 1.44 bits per heavy atom. The van der Waals surface area contributed by atoms with E-state index < -0.39 is 12.9 Å². The number of rotatable bonds is 5. The van der Waals surface area contributed by atoms with E-state index in [2.05, 4.69) is 15.9 Å². The third-order valence-corrected chi connectivity index (χ3v) is 2.65. The van der Waals surface area contributed by atoms with Gasteiger partial charge in [0, 0.05) is 5.46 Å². The van der Waals surface area contributed by atoms with Gasteiger partial charge in [-0.05, 0) is 34.5 Å². The van der Waals surface area contributed by atoms with Crippen LogP contribution in [0.2, 0.25) is 0 Å². The summed E-state index contributed by atoms with van der Waals surface area (Å²) < 4.78 is 18.8. The quantitative estimate of drug-likeness (QED) is 0.637. The van der Waals surface area contributed by atoms with E-state index in [1.807, 2.05) is 6.92 Å². The number of halogens is 2. The summed E-state index contributed by atoms with van der Waals surface area (Å²) in [5.74, 6) is -0.261. The Morgan fingerprint density at radius 3 is 2.69 bits per heavy atom. The summed E-state index contributed by atoms with van der Waals surface area (Å²) >= 11 is 3.13. The van der Waals surface area contributed by atoms with Crippen LogP contribution in [0, 0.1) is 5.82 Å². The highest BCUT2D eigenvalue weighted by Gasteiger charge is 2.21. The molecule has 0 aliphatic carbocycles. The zero-order chi connectivity index (χ0) is 12.1. The Balaban J connectivity index is 2.95. The van der Waals surface area contributed by atoms with E-state index in [0.717, 1.165) is 18.9 Å². The van der Waals surface area contributed by atoms with E-state index in [-0.39, 0.29) is 11.2 Å². The SMILES string of the molecule is CCCCOc1c(Br)cc(F)cc1B(O)O. The van der Waals surface area contributed by atoms with E-state index in [0.29, 0.717) is 11.1 Å². The van der Waals surface area contributed by atoms with Crippen LogP contribution >= 0.6 is 15.9 Å². The summed E-state index contributed by atoms with van der Waals surface area (Å²) in [5.41, 5.74) is 0.0305. The maximum absolute atomic E-state index is 13.0. The van der Waals surface area contributed by atoms with Gasteiger partial charge in [0.15, 0.2) is 0 Å². The highest BCUT2D eigenvalue weighted by atomic mass is 79.9. The molecule has 0 radical (unpaired) electrons. The molecule has 0 fully saturated rings. The molecule has 0 bridgehead atoms. The van der Waals surface area contributed by atoms with Crippen LogP contribution in [0.5, 0.6) is 5.75 Å². The molecule has 3 nitrogen and oxygen atoms in total. The first-order valence-corrected chi connectivity index (χ1v) is 5.83. The van der Waals surface area contributed by atoms with Gasteiger partial charge in [-0.25, -0.2) is 4.39 Å². The lowest BCUT2D eigenvalue weighted by atomic mass is 9.79. The number of ether oxygens (including phenoxy) is 1. The summed E-state index contributed by atoms with van der Waals surface area (Å²) in [5, 5.41) is 18.2. The van der Waals surface area contributed by atoms with Crippen LogP contribution in [0.25, 0.3) is 0 Å². The molecule has 1 aromatic rings. The largest absolute Gasteiger partial charge is 0.493 e. The molecular formula is C10H13BBrFO3. The highest BCUT2D eigenvalue weighted by Crippen LogP contribution is 2.24. The van der Waals surface area contributed by atoms with Gasteiger partial charge in [-0.3, -0.25) is 0 Å². The maximum atomic E-state index is 13.0. The molecule has 0 atom stereocenters. The molecule has 88 valence electrons. The molecule has 16 heavy (non-hydrogen) atoms. The number of hydrogen-bond acceptors (Lipinski definition) is 3. The van der Waals surface area contributed by atoms with Crippen molar-refractivity contribution in [2.24, 2.45) is 0 Å². The zero-order valence-electron chi connectivity index (χ0n) is 8.91. The minimum absolute atomic E-state index is 0.0305. The lowest BCUT2D eigenvalue weighted by Gasteiger charge is -2.12. The summed E-state index contributed by atoms with van der Waals surface area (Å²) in [7, 11) is -1.75. The van der Waals surface area contributed by atoms with Crippen molar-refractivity contribution in [3.63, 3.8) is 0 Å². The second-order valence-electron chi connectivity index (χ2n) is 3.38. The predicted molar refractivity (Wildman–Crippen MR) is 64.3 cm³/mol. The predicted octanol–water partition coefficient (Wildman–Crippen LogP) is 1.45. The average Bonchev–Trinajstić information content (AvgIpc) is 2.20. The fraction of sp³-hybridized carbons (Fsp3) is 0.400. The lowest BCUT2D eigenvalue weighted by molar-refractivity contribution is 0.307. The van der Waals surface area contributed by atoms with Gasteiger partial charge in [0.25, 0.3) is 0 Å². The molecular weight excluding hydrogens is 278 g/mol. The van der Waals surface area contributed by atoms with Crippen molar-refractivity contribution in [3.05, 3.63) is 22.4 Å². The topological polar surface area (TPSA) is 49.7 Å². The molecule has 0 saturated heterocycles. The van der Waals surface area contributed by atoms with Crippen LogP contribution in [0.15, 0.2) is 16.6 Å². The minimum atomic E-state index is -1.75. The molecule has 2 N–H and O–H groups in total. The Hall–Kier alpha value is -0.585. The van der Waals surface area contributed by atoms with Crippen molar-refractivity contribution in [3.8, 4) is 5.75 Å². The third-order valence-electron chi connectivity index (χ3n) is 2.06. The summed E-state index contributed by atoms with van der Waals surface area (Å²) in [4.78, 5) is 0. The van der Waals surface area contributed by atoms with Gasteiger partial charge >= 0.3 is 7.12 Å². The Labute approximate surface area is 103 Å². The molecule has 0 aromatic heterocycles. The van der Waals surface area contributed by atoms with Crippen molar-refractivity contribution in [2.45, 2.75) is 19.8 Å². The molecule has 0 aliphatic heterocycles. The van der Waals surface area contributed by atoms with Crippen molar-refractivity contribution in [1.82, 2.24) is 0 Å². The molecule has 0 spiro atoms. The van der Waals surface area contributed by atoms with Crippen LogP contribution in [-0.2, 0) is 0 Å². The van der Waals surface area contributed by atoms with Crippen LogP contribution in [0.1, 0.15) is 19.8 Å². The van der Waals surface area contributed by atoms with Gasteiger partial charge in [0.2, 0.25) is 0 Å². The van der Waals surface area contributed by atoms with Crippen molar-refractivity contribution < 1.29 is 19.2 Å². The number of benzene rings is 1. The first kappa shape index (κ1) is 13.5. The number of unbranched alkanes of at least 4 members (excludes halogenated alkanes) is 1. The van der Waals surface area contributed by atoms with Gasteiger partial charge < -0.3 is 14.8 Å². The molecule has 1 aromatic carbocycles.